The average molecular weight is 397 g/mol. The van der Waals surface area contributed by atoms with Gasteiger partial charge in [-0.2, -0.15) is 5.10 Å². The standard InChI is InChI=1S/C23H32N4O2/c28-15-7-13-19-12-6-14-26(19)17-23(29)24-22-16-21(18-8-4-5-9-18)25-27(22)20-10-2-1-3-11-20/h1-3,10-11,16,18-19,28H,4-9,12-15,17H2,(H,24,29). The molecular formula is C23H32N4O2. The Kier molecular flexibility index (Phi) is 6.62. The van der Waals surface area contributed by atoms with Crippen molar-refractivity contribution in [3.05, 3.63) is 42.1 Å². The number of anilines is 1. The number of hydrogen-bond acceptors (Lipinski definition) is 4. The van der Waals surface area contributed by atoms with Gasteiger partial charge in [-0.25, -0.2) is 4.68 Å². The van der Waals surface area contributed by atoms with Gasteiger partial charge in [-0.05, 0) is 57.2 Å². The fourth-order valence-corrected chi connectivity index (χ4v) is 4.80. The Balaban J connectivity index is 1.48. The van der Waals surface area contributed by atoms with Crippen LogP contribution in [0.15, 0.2) is 36.4 Å². The maximum atomic E-state index is 12.9. The van der Waals surface area contributed by atoms with Crippen molar-refractivity contribution in [2.75, 3.05) is 25.0 Å². The number of para-hydroxylation sites is 1. The van der Waals surface area contributed by atoms with Gasteiger partial charge in [0.15, 0.2) is 0 Å². The molecule has 0 radical (unpaired) electrons. The molecule has 2 heterocycles. The Morgan fingerprint density at radius 1 is 1.14 bits per heavy atom. The molecule has 1 aliphatic carbocycles. The molecule has 2 fully saturated rings. The summed E-state index contributed by atoms with van der Waals surface area (Å²) < 4.78 is 1.87. The summed E-state index contributed by atoms with van der Waals surface area (Å²) in [4.78, 5) is 15.1. The number of rotatable bonds is 8. The van der Waals surface area contributed by atoms with Gasteiger partial charge in [0.25, 0.3) is 0 Å². The molecule has 1 unspecified atom stereocenters. The number of likely N-dealkylation sites (tertiary alicyclic amines) is 1. The second-order valence-electron chi connectivity index (χ2n) is 8.36. The maximum Gasteiger partial charge on any atom is 0.239 e. The summed E-state index contributed by atoms with van der Waals surface area (Å²) in [6.45, 7) is 1.57. The zero-order chi connectivity index (χ0) is 20.1. The minimum Gasteiger partial charge on any atom is -0.396 e. The Labute approximate surface area is 172 Å². The van der Waals surface area contributed by atoms with Crippen molar-refractivity contribution < 1.29 is 9.90 Å². The fourth-order valence-electron chi connectivity index (χ4n) is 4.80. The summed E-state index contributed by atoms with van der Waals surface area (Å²) in [6.07, 6.45) is 8.87. The second kappa shape index (κ2) is 9.55. The highest BCUT2D eigenvalue weighted by Crippen LogP contribution is 2.35. The minimum atomic E-state index is 0.0101. The monoisotopic (exact) mass is 396 g/mol. The zero-order valence-corrected chi connectivity index (χ0v) is 17.1. The maximum absolute atomic E-state index is 12.9. The summed E-state index contributed by atoms with van der Waals surface area (Å²) in [7, 11) is 0. The van der Waals surface area contributed by atoms with Crippen molar-refractivity contribution in [3.8, 4) is 5.69 Å². The van der Waals surface area contributed by atoms with Gasteiger partial charge < -0.3 is 10.4 Å². The Bertz CT molecular complexity index is 798. The molecule has 156 valence electrons. The lowest BCUT2D eigenvalue weighted by molar-refractivity contribution is -0.117. The van der Waals surface area contributed by atoms with Gasteiger partial charge in [-0.15, -0.1) is 0 Å². The summed E-state index contributed by atoms with van der Waals surface area (Å²) in [5, 5.41) is 17.1. The van der Waals surface area contributed by atoms with Crippen molar-refractivity contribution in [1.82, 2.24) is 14.7 Å². The first-order valence-corrected chi connectivity index (χ1v) is 11.0. The van der Waals surface area contributed by atoms with Gasteiger partial charge in [0.2, 0.25) is 5.91 Å². The summed E-state index contributed by atoms with van der Waals surface area (Å²) in [6, 6.07) is 12.5. The average Bonchev–Trinajstić information content (AvgIpc) is 3.48. The van der Waals surface area contributed by atoms with Crippen molar-refractivity contribution >= 4 is 11.7 Å². The second-order valence-corrected chi connectivity index (χ2v) is 8.36. The number of aromatic nitrogens is 2. The van der Waals surface area contributed by atoms with Crippen LogP contribution in [0.4, 0.5) is 5.82 Å². The van der Waals surface area contributed by atoms with E-state index in [1.54, 1.807) is 0 Å². The molecule has 0 spiro atoms. The van der Waals surface area contributed by atoms with Gasteiger partial charge in [-0.3, -0.25) is 9.69 Å². The number of aliphatic hydroxyl groups is 1. The molecule has 1 aliphatic heterocycles. The smallest absolute Gasteiger partial charge is 0.239 e. The predicted octanol–water partition coefficient (Wildman–Crippen LogP) is 3.71. The molecule has 1 aromatic carbocycles. The number of nitrogens with zero attached hydrogens (tertiary/aromatic N) is 3. The first kappa shape index (κ1) is 20.1. The first-order chi connectivity index (χ1) is 14.2. The van der Waals surface area contributed by atoms with Crippen molar-refractivity contribution in [2.24, 2.45) is 0 Å². The Morgan fingerprint density at radius 3 is 2.69 bits per heavy atom. The van der Waals surface area contributed by atoms with Crippen LogP contribution in [-0.2, 0) is 4.79 Å². The van der Waals surface area contributed by atoms with Gasteiger partial charge in [0, 0.05) is 24.6 Å². The summed E-state index contributed by atoms with van der Waals surface area (Å²) in [5.41, 5.74) is 2.05. The molecule has 4 rings (SSSR count). The molecule has 1 saturated carbocycles. The zero-order valence-electron chi connectivity index (χ0n) is 17.1. The van der Waals surface area contributed by atoms with E-state index in [-0.39, 0.29) is 12.5 Å². The van der Waals surface area contributed by atoms with Crippen LogP contribution in [0.1, 0.15) is 63.0 Å². The Hall–Kier alpha value is -2.18. The van der Waals surface area contributed by atoms with E-state index in [0.717, 1.165) is 49.4 Å². The molecule has 2 aromatic rings. The summed E-state index contributed by atoms with van der Waals surface area (Å²) >= 11 is 0. The molecular weight excluding hydrogens is 364 g/mol. The van der Waals surface area contributed by atoms with Crippen LogP contribution in [0, 0.1) is 0 Å². The van der Waals surface area contributed by atoms with E-state index >= 15 is 0 Å². The molecule has 6 heteroatoms. The molecule has 1 aromatic heterocycles. The number of carbonyl (C=O) groups excluding carboxylic acids is 1. The Morgan fingerprint density at radius 2 is 1.93 bits per heavy atom. The van der Waals surface area contributed by atoms with Crippen LogP contribution < -0.4 is 5.32 Å². The highest BCUT2D eigenvalue weighted by atomic mass is 16.3. The third-order valence-electron chi connectivity index (χ3n) is 6.31. The minimum absolute atomic E-state index is 0.0101. The lowest BCUT2D eigenvalue weighted by Gasteiger charge is -2.23. The number of carbonyl (C=O) groups is 1. The van der Waals surface area contributed by atoms with E-state index < -0.39 is 0 Å². The van der Waals surface area contributed by atoms with Crippen LogP contribution >= 0.6 is 0 Å². The highest BCUT2D eigenvalue weighted by Gasteiger charge is 2.27. The van der Waals surface area contributed by atoms with Crippen LogP contribution in [0.3, 0.4) is 0 Å². The quantitative estimate of drug-likeness (QED) is 0.714. The van der Waals surface area contributed by atoms with Gasteiger partial charge in [-0.1, -0.05) is 31.0 Å². The third-order valence-corrected chi connectivity index (χ3v) is 6.31. The predicted molar refractivity (Wildman–Crippen MR) is 114 cm³/mol. The molecule has 0 bridgehead atoms. The van der Waals surface area contributed by atoms with Crippen LogP contribution in [0.2, 0.25) is 0 Å². The third kappa shape index (κ3) is 4.87. The SMILES string of the molecule is O=C(CN1CCCC1CCCO)Nc1cc(C2CCCC2)nn1-c1ccccc1. The molecule has 29 heavy (non-hydrogen) atoms. The molecule has 1 amide bonds. The topological polar surface area (TPSA) is 70.4 Å². The van der Waals surface area contributed by atoms with Gasteiger partial charge in [0.1, 0.15) is 5.82 Å². The van der Waals surface area contributed by atoms with E-state index in [4.69, 9.17) is 10.2 Å². The fraction of sp³-hybridized carbons (Fsp3) is 0.565. The molecule has 1 atom stereocenters. The van der Waals surface area contributed by atoms with E-state index in [2.05, 4.69) is 16.3 Å². The van der Waals surface area contributed by atoms with E-state index in [1.165, 1.54) is 25.7 Å². The van der Waals surface area contributed by atoms with Crippen LogP contribution in [0.5, 0.6) is 0 Å². The number of hydrogen-bond donors (Lipinski definition) is 2. The van der Waals surface area contributed by atoms with Crippen molar-refractivity contribution in [3.63, 3.8) is 0 Å². The molecule has 1 saturated heterocycles. The van der Waals surface area contributed by atoms with E-state index in [0.29, 0.717) is 18.5 Å². The van der Waals surface area contributed by atoms with E-state index in [1.807, 2.05) is 35.0 Å². The first-order valence-electron chi connectivity index (χ1n) is 11.0. The molecule has 2 N–H and O–H groups in total. The van der Waals surface area contributed by atoms with Gasteiger partial charge >= 0.3 is 0 Å². The normalized spacial score (nSPS) is 20.4. The lowest BCUT2D eigenvalue weighted by Crippen LogP contribution is -2.37. The molecule has 6 nitrogen and oxygen atoms in total. The highest BCUT2D eigenvalue weighted by molar-refractivity contribution is 5.91. The van der Waals surface area contributed by atoms with Gasteiger partial charge in [0.05, 0.1) is 17.9 Å². The van der Waals surface area contributed by atoms with E-state index in [9.17, 15) is 4.79 Å². The summed E-state index contributed by atoms with van der Waals surface area (Å²) in [5.74, 6) is 1.27. The number of amides is 1. The van der Waals surface area contributed by atoms with Crippen LogP contribution in [-0.4, -0.2) is 51.4 Å². The largest absolute Gasteiger partial charge is 0.396 e. The van der Waals surface area contributed by atoms with Crippen molar-refractivity contribution in [1.29, 1.82) is 0 Å². The van der Waals surface area contributed by atoms with Crippen molar-refractivity contribution in [2.45, 2.75) is 63.3 Å². The lowest BCUT2D eigenvalue weighted by atomic mass is 10.0. The number of benzene rings is 1. The number of aliphatic hydroxyl groups excluding tert-OH is 1. The van der Waals surface area contributed by atoms with Crippen LogP contribution in [0.25, 0.3) is 5.69 Å². The number of nitrogens with one attached hydrogen (secondary N) is 1. The molecule has 2 aliphatic rings.